The molecule has 1 unspecified atom stereocenters. The molecule has 3 aromatic rings. The minimum absolute atomic E-state index is 0.0587. The van der Waals surface area contributed by atoms with E-state index in [4.69, 9.17) is 0 Å². The molecule has 0 spiro atoms. The number of halogens is 2. The van der Waals surface area contributed by atoms with Gasteiger partial charge >= 0.3 is 6.61 Å². The molecule has 0 saturated carbocycles. The van der Waals surface area contributed by atoms with Crippen LogP contribution >= 0.6 is 0 Å². The average Bonchev–Trinajstić information content (AvgIpc) is 3.02. The summed E-state index contributed by atoms with van der Waals surface area (Å²) in [5.41, 5.74) is 2.04. The Balaban J connectivity index is 1.73. The van der Waals surface area contributed by atoms with Crippen LogP contribution in [0.15, 0.2) is 55.1 Å². The van der Waals surface area contributed by atoms with Crippen LogP contribution in [0.25, 0.3) is 5.52 Å². The van der Waals surface area contributed by atoms with Gasteiger partial charge in [0.25, 0.3) is 5.91 Å². The van der Waals surface area contributed by atoms with E-state index < -0.39 is 6.61 Å². The molecule has 1 N–H and O–H groups in total. The molecule has 2 heterocycles. The number of carbonyl (C=O) groups excluding carboxylic acids is 1. The van der Waals surface area contributed by atoms with Gasteiger partial charge in [-0.15, -0.1) is 0 Å². The molecule has 1 aromatic carbocycles. The molecule has 0 aliphatic rings. The van der Waals surface area contributed by atoms with E-state index in [1.807, 2.05) is 0 Å². The number of fused-ring (bicyclic) bond motifs is 1. The molecule has 0 fully saturated rings. The first-order valence-corrected chi connectivity index (χ1v) is 7.30. The molecular formula is C17H15F2N3O2. The normalized spacial score (nSPS) is 12.3. The Morgan fingerprint density at radius 1 is 1.29 bits per heavy atom. The number of amides is 1. The molecule has 0 saturated heterocycles. The lowest BCUT2D eigenvalue weighted by molar-refractivity contribution is -0.0499. The van der Waals surface area contributed by atoms with E-state index in [1.54, 1.807) is 54.3 Å². The van der Waals surface area contributed by atoms with Crippen molar-refractivity contribution < 1.29 is 18.3 Å². The SMILES string of the molecule is CC(NC(=O)c1ccc2cncn2c1)c1cccc(OC(F)F)c1. The van der Waals surface area contributed by atoms with E-state index in [2.05, 4.69) is 15.0 Å². The summed E-state index contributed by atoms with van der Waals surface area (Å²) < 4.78 is 30.7. The van der Waals surface area contributed by atoms with E-state index in [0.717, 1.165) is 5.52 Å². The molecule has 0 aliphatic carbocycles. The number of alkyl halides is 2. The van der Waals surface area contributed by atoms with E-state index in [9.17, 15) is 13.6 Å². The lowest BCUT2D eigenvalue weighted by atomic mass is 10.1. The second-order valence-electron chi connectivity index (χ2n) is 5.29. The van der Waals surface area contributed by atoms with Gasteiger partial charge in [-0.3, -0.25) is 4.79 Å². The van der Waals surface area contributed by atoms with Gasteiger partial charge in [0.1, 0.15) is 5.75 Å². The molecule has 7 heteroatoms. The van der Waals surface area contributed by atoms with Crippen molar-refractivity contribution in [3.05, 3.63) is 66.2 Å². The van der Waals surface area contributed by atoms with Crippen molar-refractivity contribution in [2.45, 2.75) is 19.6 Å². The molecular weight excluding hydrogens is 316 g/mol. The highest BCUT2D eigenvalue weighted by Crippen LogP contribution is 2.21. The fraction of sp³-hybridized carbons (Fsp3) is 0.176. The number of rotatable bonds is 5. The number of benzene rings is 1. The summed E-state index contributed by atoms with van der Waals surface area (Å²) >= 11 is 0. The van der Waals surface area contributed by atoms with Crippen molar-refractivity contribution in [3.8, 4) is 5.75 Å². The van der Waals surface area contributed by atoms with Crippen LogP contribution in [0.5, 0.6) is 5.75 Å². The van der Waals surface area contributed by atoms with E-state index >= 15 is 0 Å². The molecule has 1 atom stereocenters. The fourth-order valence-corrected chi connectivity index (χ4v) is 2.38. The highest BCUT2D eigenvalue weighted by Gasteiger charge is 2.13. The van der Waals surface area contributed by atoms with Crippen LogP contribution in [0, 0.1) is 0 Å². The lowest BCUT2D eigenvalue weighted by Gasteiger charge is -2.15. The third kappa shape index (κ3) is 3.51. The maximum atomic E-state index is 12.4. The van der Waals surface area contributed by atoms with Crippen LogP contribution in [0.2, 0.25) is 0 Å². The molecule has 2 aromatic heterocycles. The van der Waals surface area contributed by atoms with Gasteiger partial charge in [-0.05, 0) is 36.8 Å². The minimum atomic E-state index is -2.88. The topological polar surface area (TPSA) is 55.6 Å². The van der Waals surface area contributed by atoms with Crippen molar-refractivity contribution in [2.24, 2.45) is 0 Å². The Morgan fingerprint density at radius 3 is 2.92 bits per heavy atom. The van der Waals surface area contributed by atoms with Crippen LogP contribution in [-0.2, 0) is 0 Å². The quantitative estimate of drug-likeness (QED) is 0.779. The second-order valence-corrected chi connectivity index (χ2v) is 5.29. The molecule has 124 valence electrons. The van der Waals surface area contributed by atoms with Crippen molar-refractivity contribution in [1.82, 2.24) is 14.7 Å². The van der Waals surface area contributed by atoms with E-state index in [0.29, 0.717) is 11.1 Å². The Kier molecular flexibility index (Phi) is 4.41. The van der Waals surface area contributed by atoms with Crippen molar-refractivity contribution in [3.63, 3.8) is 0 Å². The summed E-state index contributed by atoms with van der Waals surface area (Å²) in [4.78, 5) is 16.4. The monoisotopic (exact) mass is 331 g/mol. The third-order valence-electron chi connectivity index (χ3n) is 3.60. The van der Waals surface area contributed by atoms with Gasteiger partial charge in [0.15, 0.2) is 0 Å². The summed E-state index contributed by atoms with van der Waals surface area (Å²) in [5, 5.41) is 2.83. The van der Waals surface area contributed by atoms with Gasteiger partial charge in [0.2, 0.25) is 0 Å². The van der Waals surface area contributed by atoms with E-state index in [1.165, 1.54) is 12.1 Å². The Hall–Kier alpha value is -2.96. The Morgan fingerprint density at radius 2 is 2.12 bits per heavy atom. The number of nitrogens with one attached hydrogen (secondary N) is 1. The number of ether oxygens (including phenoxy) is 1. The first-order chi connectivity index (χ1) is 11.5. The number of hydrogen-bond donors (Lipinski definition) is 1. The first kappa shape index (κ1) is 15.9. The molecule has 5 nitrogen and oxygen atoms in total. The van der Waals surface area contributed by atoms with Crippen LogP contribution in [-0.4, -0.2) is 21.9 Å². The van der Waals surface area contributed by atoms with Crippen LogP contribution < -0.4 is 10.1 Å². The van der Waals surface area contributed by atoms with Crippen LogP contribution in [0.1, 0.15) is 28.9 Å². The Labute approximate surface area is 136 Å². The van der Waals surface area contributed by atoms with Crippen LogP contribution in [0.4, 0.5) is 8.78 Å². The highest BCUT2D eigenvalue weighted by atomic mass is 19.3. The zero-order chi connectivity index (χ0) is 17.1. The van der Waals surface area contributed by atoms with Crippen LogP contribution in [0.3, 0.4) is 0 Å². The highest BCUT2D eigenvalue weighted by molar-refractivity contribution is 5.94. The summed E-state index contributed by atoms with van der Waals surface area (Å²) in [6.07, 6.45) is 4.99. The zero-order valence-corrected chi connectivity index (χ0v) is 12.8. The van der Waals surface area contributed by atoms with Crippen molar-refractivity contribution >= 4 is 11.4 Å². The maximum absolute atomic E-state index is 12.4. The summed E-state index contributed by atoms with van der Waals surface area (Å²) in [7, 11) is 0. The summed E-state index contributed by atoms with van der Waals surface area (Å²) in [6, 6.07) is 9.40. The number of imidazole rings is 1. The number of nitrogens with zero attached hydrogens (tertiary/aromatic N) is 2. The maximum Gasteiger partial charge on any atom is 0.387 e. The van der Waals surface area contributed by atoms with Gasteiger partial charge in [-0.1, -0.05) is 12.1 Å². The van der Waals surface area contributed by atoms with E-state index in [-0.39, 0.29) is 17.7 Å². The standard InChI is InChI=1S/C17H15F2N3O2/c1-11(12-3-2-4-15(7-12)24-17(18)19)21-16(23)13-5-6-14-8-20-10-22(14)9-13/h2-11,17H,1H3,(H,21,23). The van der Waals surface area contributed by atoms with Gasteiger partial charge in [-0.25, -0.2) is 4.98 Å². The van der Waals surface area contributed by atoms with Gasteiger partial charge < -0.3 is 14.5 Å². The zero-order valence-electron chi connectivity index (χ0n) is 12.8. The minimum Gasteiger partial charge on any atom is -0.435 e. The molecule has 0 aliphatic heterocycles. The lowest BCUT2D eigenvalue weighted by Crippen LogP contribution is -2.26. The molecule has 24 heavy (non-hydrogen) atoms. The van der Waals surface area contributed by atoms with Gasteiger partial charge in [0.05, 0.1) is 29.6 Å². The molecule has 3 rings (SSSR count). The largest absolute Gasteiger partial charge is 0.435 e. The molecule has 0 radical (unpaired) electrons. The molecule has 0 bridgehead atoms. The third-order valence-corrected chi connectivity index (χ3v) is 3.60. The second kappa shape index (κ2) is 6.66. The average molecular weight is 331 g/mol. The predicted molar refractivity (Wildman–Crippen MR) is 84.1 cm³/mol. The number of carbonyl (C=O) groups is 1. The summed E-state index contributed by atoms with van der Waals surface area (Å²) in [5.74, 6) is -0.207. The first-order valence-electron chi connectivity index (χ1n) is 7.30. The smallest absolute Gasteiger partial charge is 0.387 e. The summed E-state index contributed by atoms with van der Waals surface area (Å²) in [6.45, 7) is -1.11. The van der Waals surface area contributed by atoms with Gasteiger partial charge in [-0.2, -0.15) is 8.78 Å². The van der Waals surface area contributed by atoms with Crippen molar-refractivity contribution in [1.29, 1.82) is 0 Å². The van der Waals surface area contributed by atoms with Crippen molar-refractivity contribution in [2.75, 3.05) is 0 Å². The number of pyridine rings is 1. The van der Waals surface area contributed by atoms with Gasteiger partial charge in [0, 0.05) is 6.20 Å². The number of aromatic nitrogens is 2. The fourth-order valence-electron chi connectivity index (χ4n) is 2.38. The molecule has 1 amide bonds. The Bertz CT molecular complexity index is 864. The number of hydrogen-bond acceptors (Lipinski definition) is 3. The predicted octanol–water partition coefficient (Wildman–Crippen LogP) is 3.43.